The second-order valence-electron chi connectivity index (χ2n) is 7.45. The fraction of sp³-hybridized carbons (Fsp3) is 0.167. The molecule has 1 atom stereocenters. The molecule has 0 aliphatic rings. The summed E-state index contributed by atoms with van der Waals surface area (Å²) in [5.74, 6) is -1.43. The highest BCUT2D eigenvalue weighted by atomic mass is 32.2. The predicted octanol–water partition coefficient (Wildman–Crippen LogP) is 3.17. The van der Waals surface area contributed by atoms with Crippen molar-refractivity contribution in [3.05, 3.63) is 101 Å². The van der Waals surface area contributed by atoms with Gasteiger partial charge in [0.1, 0.15) is 5.82 Å². The van der Waals surface area contributed by atoms with Crippen LogP contribution in [0.3, 0.4) is 0 Å². The number of benzene rings is 3. The minimum Gasteiger partial charge on any atom is -0.344 e. The lowest BCUT2D eigenvalue weighted by atomic mass is 9.97. The van der Waals surface area contributed by atoms with E-state index in [1.165, 1.54) is 24.3 Å². The molecule has 0 saturated heterocycles. The van der Waals surface area contributed by atoms with E-state index in [0.717, 1.165) is 29.5 Å². The Morgan fingerprint density at radius 3 is 2.22 bits per heavy atom. The van der Waals surface area contributed by atoms with Crippen LogP contribution in [-0.4, -0.2) is 33.0 Å². The molecule has 0 radical (unpaired) electrons. The van der Waals surface area contributed by atoms with Gasteiger partial charge in [0.2, 0.25) is 5.91 Å². The summed E-state index contributed by atoms with van der Waals surface area (Å²) < 4.78 is 37.0. The van der Waals surface area contributed by atoms with Crippen LogP contribution in [0.5, 0.6) is 0 Å². The van der Waals surface area contributed by atoms with Crippen LogP contribution in [0.4, 0.5) is 4.39 Å². The molecule has 0 spiro atoms. The molecule has 0 aromatic heterocycles. The van der Waals surface area contributed by atoms with Gasteiger partial charge in [0.15, 0.2) is 9.84 Å². The number of rotatable bonds is 7. The Hall–Kier alpha value is -3.52. The van der Waals surface area contributed by atoms with E-state index in [0.29, 0.717) is 5.56 Å². The van der Waals surface area contributed by atoms with Crippen LogP contribution in [0, 0.1) is 12.7 Å². The molecule has 2 N–H and O–H groups in total. The molecule has 3 aromatic rings. The summed E-state index contributed by atoms with van der Waals surface area (Å²) in [6.07, 6.45) is 1.12. The summed E-state index contributed by atoms with van der Waals surface area (Å²) in [5.41, 5.74) is 2.62. The number of amides is 2. The van der Waals surface area contributed by atoms with Crippen molar-refractivity contribution in [2.75, 3.05) is 12.8 Å². The Morgan fingerprint density at radius 2 is 1.59 bits per heavy atom. The first-order valence-electron chi connectivity index (χ1n) is 9.83. The van der Waals surface area contributed by atoms with Gasteiger partial charge in [-0.2, -0.15) is 0 Å². The quantitative estimate of drug-likeness (QED) is 0.574. The van der Waals surface area contributed by atoms with E-state index in [4.69, 9.17) is 0 Å². The summed E-state index contributed by atoms with van der Waals surface area (Å²) >= 11 is 0. The fourth-order valence-electron chi connectivity index (χ4n) is 3.12. The molecule has 6 nitrogen and oxygen atoms in total. The largest absolute Gasteiger partial charge is 0.344 e. The number of halogens is 1. The van der Waals surface area contributed by atoms with Crippen molar-refractivity contribution in [2.45, 2.75) is 17.9 Å². The van der Waals surface area contributed by atoms with E-state index in [1.807, 2.05) is 31.2 Å². The van der Waals surface area contributed by atoms with Crippen LogP contribution < -0.4 is 10.6 Å². The number of hydrogen-bond acceptors (Lipinski definition) is 4. The van der Waals surface area contributed by atoms with E-state index in [1.54, 1.807) is 12.1 Å². The lowest BCUT2D eigenvalue weighted by Gasteiger charge is -2.21. The SMILES string of the molecule is Cc1ccc(C(NC(=O)CNC(=O)c2ccc(F)cc2)c2cccc(S(C)(=O)=O)c2)cc1. The normalized spacial score (nSPS) is 12.1. The van der Waals surface area contributed by atoms with Gasteiger partial charge in [0.05, 0.1) is 17.5 Å². The highest BCUT2D eigenvalue weighted by Gasteiger charge is 2.19. The molecular formula is C24H23FN2O4S. The first-order chi connectivity index (χ1) is 15.1. The van der Waals surface area contributed by atoms with Gasteiger partial charge in [-0.25, -0.2) is 12.8 Å². The smallest absolute Gasteiger partial charge is 0.251 e. The maximum absolute atomic E-state index is 13.0. The van der Waals surface area contributed by atoms with Crippen molar-refractivity contribution < 1.29 is 22.4 Å². The molecule has 3 aromatic carbocycles. The Kier molecular flexibility index (Phi) is 7.05. The summed E-state index contributed by atoms with van der Waals surface area (Å²) in [4.78, 5) is 25.0. The molecule has 166 valence electrons. The van der Waals surface area contributed by atoms with Crippen LogP contribution in [0.15, 0.2) is 77.7 Å². The highest BCUT2D eigenvalue weighted by molar-refractivity contribution is 7.90. The summed E-state index contributed by atoms with van der Waals surface area (Å²) in [6.45, 7) is 1.64. The van der Waals surface area contributed by atoms with Gasteiger partial charge >= 0.3 is 0 Å². The number of carbonyl (C=O) groups excluding carboxylic acids is 2. The number of aryl methyl sites for hydroxylation is 1. The minimum absolute atomic E-state index is 0.144. The number of sulfone groups is 1. The third kappa shape index (κ3) is 6.01. The third-order valence-corrected chi connectivity index (χ3v) is 5.96. The van der Waals surface area contributed by atoms with Gasteiger partial charge < -0.3 is 10.6 Å². The molecule has 32 heavy (non-hydrogen) atoms. The fourth-order valence-corrected chi connectivity index (χ4v) is 3.79. The molecule has 0 aliphatic carbocycles. The maximum Gasteiger partial charge on any atom is 0.251 e. The number of nitrogens with one attached hydrogen (secondary N) is 2. The standard InChI is InChI=1S/C24H23FN2O4S/c1-16-6-8-17(9-7-16)23(19-4-3-5-21(14-19)32(2,30)31)27-22(28)15-26-24(29)18-10-12-20(25)13-11-18/h3-14,23H,15H2,1-2H3,(H,26,29)(H,27,28). The van der Waals surface area contributed by atoms with Crippen molar-refractivity contribution in [2.24, 2.45) is 0 Å². The third-order valence-electron chi connectivity index (χ3n) is 4.85. The van der Waals surface area contributed by atoms with Gasteiger partial charge in [-0.1, -0.05) is 42.0 Å². The lowest BCUT2D eigenvalue weighted by Crippen LogP contribution is -2.39. The summed E-state index contributed by atoms with van der Waals surface area (Å²) in [6, 6.07) is 18.2. The van der Waals surface area contributed by atoms with E-state index in [2.05, 4.69) is 10.6 Å². The zero-order chi connectivity index (χ0) is 23.3. The molecule has 1 unspecified atom stereocenters. The molecule has 0 bridgehead atoms. The predicted molar refractivity (Wildman–Crippen MR) is 119 cm³/mol. The van der Waals surface area contributed by atoms with E-state index >= 15 is 0 Å². The Bertz CT molecular complexity index is 1220. The van der Waals surface area contributed by atoms with E-state index in [-0.39, 0.29) is 17.0 Å². The molecule has 0 aliphatic heterocycles. The molecule has 3 rings (SSSR count). The van der Waals surface area contributed by atoms with Gasteiger partial charge in [0.25, 0.3) is 5.91 Å². The van der Waals surface area contributed by atoms with Crippen molar-refractivity contribution in [1.82, 2.24) is 10.6 Å². The van der Waals surface area contributed by atoms with Crippen molar-refractivity contribution in [3.8, 4) is 0 Å². The van der Waals surface area contributed by atoms with E-state index < -0.39 is 33.5 Å². The maximum atomic E-state index is 13.0. The van der Waals surface area contributed by atoms with Crippen LogP contribution in [0.1, 0.15) is 33.1 Å². The monoisotopic (exact) mass is 454 g/mol. The van der Waals surface area contributed by atoms with Crippen LogP contribution in [0.2, 0.25) is 0 Å². The molecule has 2 amide bonds. The lowest BCUT2D eigenvalue weighted by molar-refractivity contribution is -0.120. The zero-order valence-corrected chi connectivity index (χ0v) is 18.4. The van der Waals surface area contributed by atoms with Crippen LogP contribution in [0.25, 0.3) is 0 Å². The first kappa shape index (κ1) is 23.1. The Morgan fingerprint density at radius 1 is 0.938 bits per heavy atom. The second-order valence-corrected chi connectivity index (χ2v) is 9.46. The molecule has 0 saturated carbocycles. The minimum atomic E-state index is -3.43. The van der Waals surface area contributed by atoms with Gasteiger partial charge in [-0.15, -0.1) is 0 Å². The molecular weight excluding hydrogens is 431 g/mol. The van der Waals surface area contributed by atoms with Crippen molar-refractivity contribution in [1.29, 1.82) is 0 Å². The topological polar surface area (TPSA) is 92.3 Å². The second kappa shape index (κ2) is 9.74. The molecule has 8 heteroatoms. The van der Waals surface area contributed by atoms with Crippen LogP contribution >= 0.6 is 0 Å². The summed E-state index contributed by atoms with van der Waals surface area (Å²) in [5, 5.41) is 5.36. The Labute approximate surface area is 186 Å². The van der Waals surface area contributed by atoms with Crippen LogP contribution in [-0.2, 0) is 14.6 Å². The van der Waals surface area contributed by atoms with Crippen molar-refractivity contribution in [3.63, 3.8) is 0 Å². The number of carbonyl (C=O) groups is 2. The van der Waals surface area contributed by atoms with E-state index in [9.17, 15) is 22.4 Å². The Balaban J connectivity index is 1.80. The van der Waals surface area contributed by atoms with Gasteiger partial charge in [0, 0.05) is 11.8 Å². The highest BCUT2D eigenvalue weighted by Crippen LogP contribution is 2.25. The molecule has 0 fully saturated rings. The van der Waals surface area contributed by atoms with Gasteiger partial charge in [-0.3, -0.25) is 9.59 Å². The average Bonchev–Trinajstić information content (AvgIpc) is 2.76. The average molecular weight is 455 g/mol. The van der Waals surface area contributed by atoms with Gasteiger partial charge in [-0.05, 0) is 54.4 Å². The molecule has 0 heterocycles. The first-order valence-corrected chi connectivity index (χ1v) is 11.7. The summed E-state index contributed by atoms with van der Waals surface area (Å²) in [7, 11) is -3.43. The number of hydrogen-bond donors (Lipinski definition) is 2. The van der Waals surface area contributed by atoms with Crippen molar-refractivity contribution >= 4 is 21.7 Å². The zero-order valence-electron chi connectivity index (χ0n) is 17.6.